The zero-order chi connectivity index (χ0) is 11.5. The zero-order valence-electron chi connectivity index (χ0n) is 8.90. The summed E-state index contributed by atoms with van der Waals surface area (Å²) in [7, 11) is 0. The van der Waals surface area contributed by atoms with Gasteiger partial charge in [-0.05, 0) is 13.0 Å². The van der Waals surface area contributed by atoms with E-state index in [1.165, 1.54) is 0 Å². The molecule has 0 spiro atoms. The van der Waals surface area contributed by atoms with Crippen LogP contribution >= 0.6 is 0 Å². The van der Waals surface area contributed by atoms with Gasteiger partial charge in [-0.25, -0.2) is 0 Å². The van der Waals surface area contributed by atoms with E-state index < -0.39 is 5.97 Å². The molecule has 0 saturated heterocycles. The zero-order valence-corrected chi connectivity index (χ0v) is 8.90. The summed E-state index contributed by atoms with van der Waals surface area (Å²) in [5.74, 6) is -0.852. The van der Waals surface area contributed by atoms with Crippen LogP contribution in [0.1, 0.15) is 11.1 Å². The molecular weight excluding hydrogens is 204 g/mol. The molecule has 0 fully saturated rings. The van der Waals surface area contributed by atoms with Gasteiger partial charge in [0.1, 0.15) is 0 Å². The molecule has 1 heterocycles. The van der Waals surface area contributed by atoms with E-state index in [4.69, 9.17) is 5.11 Å². The minimum Gasteiger partial charge on any atom is -0.481 e. The highest BCUT2D eigenvalue weighted by Gasteiger charge is 2.10. The van der Waals surface area contributed by atoms with Gasteiger partial charge >= 0.3 is 5.97 Å². The van der Waals surface area contributed by atoms with E-state index in [0.717, 1.165) is 16.8 Å². The Morgan fingerprint density at radius 3 is 3.00 bits per heavy atom. The molecule has 0 aliphatic carbocycles. The maximum Gasteiger partial charge on any atom is 0.307 e. The number of aryl methyl sites for hydroxylation is 1. The summed E-state index contributed by atoms with van der Waals surface area (Å²) < 4.78 is 0. The Morgan fingerprint density at radius 2 is 2.31 bits per heavy atom. The fourth-order valence-electron chi connectivity index (χ4n) is 1.66. The van der Waals surface area contributed by atoms with E-state index in [9.17, 15) is 4.79 Å². The Labute approximate surface area is 92.9 Å². The van der Waals surface area contributed by atoms with Crippen molar-refractivity contribution in [3.05, 3.63) is 41.6 Å². The fraction of sp³-hybridized carbons (Fsp3) is 0.167. The first-order valence-corrected chi connectivity index (χ1v) is 4.98. The van der Waals surface area contributed by atoms with Gasteiger partial charge in [0.15, 0.2) is 0 Å². The lowest BCUT2D eigenvalue weighted by Gasteiger charge is -2.02. The predicted molar refractivity (Wildman–Crippen MR) is 60.1 cm³/mol. The number of hydrogen-bond acceptors (Lipinski definition) is 2. The van der Waals surface area contributed by atoms with Crippen LogP contribution in [-0.4, -0.2) is 21.3 Å². The number of carbonyl (C=O) groups is 1. The molecule has 1 aromatic heterocycles. The van der Waals surface area contributed by atoms with Crippen LogP contribution in [0.25, 0.3) is 11.3 Å². The Bertz CT molecular complexity index is 517. The topological polar surface area (TPSA) is 66.0 Å². The number of benzene rings is 1. The third-order valence-electron chi connectivity index (χ3n) is 2.37. The van der Waals surface area contributed by atoms with Crippen molar-refractivity contribution in [2.24, 2.45) is 0 Å². The van der Waals surface area contributed by atoms with E-state index in [0.29, 0.717) is 5.56 Å². The first-order chi connectivity index (χ1) is 7.66. The molecule has 16 heavy (non-hydrogen) atoms. The average molecular weight is 216 g/mol. The summed E-state index contributed by atoms with van der Waals surface area (Å²) in [5, 5.41) is 15.5. The van der Waals surface area contributed by atoms with Crippen LogP contribution in [0.5, 0.6) is 0 Å². The number of nitrogens with one attached hydrogen (secondary N) is 1. The largest absolute Gasteiger partial charge is 0.481 e. The van der Waals surface area contributed by atoms with Crippen LogP contribution in [-0.2, 0) is 11.2 Å². The summed E-state index contributed by atoms with van der Waals surface area (Å²) in [6.45, 7) is 2.00. The predicted octanol–water partition coefficient (Wildman–Crippen LogP) is 2.01. The van der Waals surface area contributed by atoms with Crippen molar-refractivity contribution in [1.29, 1.82) is 0 Å². The summed E-state index contributed by atoms with van der Waals surface area (Å²) in [6, 6.07) is 7.87. The number of nitrogens with zero attached hydrogens (tertiary/aromatic N) is 1. The van der Waals surface area contributed by atoms with Gasteiger partial charge in [-0.2, -0.15) is 5.10 Å². The van der Waals surface area contributed by atoms with Crippen molar-refractivity contribution < 1.29 is 9.90 Å². The Hall–Kier alpha value is -2.10. The average Bonchev–Trinajstić information content (AvgIpc) is 2.65. The molecule has 1 aromatic carbocycles. The highest BCUT2D eigenvalue weighted by atomic mass is 16.4. The van der Waals surface area contributed by atoms with E-state index >= 15 is 0 Å². The standard InChI is InChI=1S/C12H12N2O2/c1-8-3-2-4-9(5-8)12-10(6-11(15)16)7-13-14-12/h2-5,7H,6H2,1H3,(H,13,14)(H,15,16). The number of rotatable bonds is 3. The molecule has 0 atom stereocenters. The van der Waals surface area contributed by atoms with Crippen molar-refractivity contribution in [3.63, 3.8) is 0 Å². The van der Waals surface area contributed by atoms with Gasteiger partial charge in [-0.1, -0.05) is 23.8 Å². The van der Waals surface area contributed by atoms with E-state index in [2.05, 4.69) is 10.2 Å². The van der Waals surface area contributed by atoms with Gasteiger partial charge in [0.2, 0.25) is 0 Å². The van der Waals surface area contributed by atoms with Gasteiger partial charge in [-0.3, -0.25) is 9.89 Å². The molecule has 0 amide bonds. The molecular formula is C12H12N2O2. The van der Waals surface area contributed by atoms with Crippen molar-refractivity contribution in [2.45, 2.75) is 13.3 Å². The van der Waals surface area contributed by atoms with E-state index in [1.54, 1.807) is 6.20 Å². The lowest BCUT2D eigenvalue weighted by atomic mass is 10.0. The van der Waals surface area contributed by atoms with Crippen molar-refractivity contribution in [2.75, 3.05) is 0 Å². The van der Waals surface area contributed by atoms with Gasteiger partial charge in [0.05, 0.1) is 18.3 Å². The minimum atomic E-state index is -0.852. The summed E-state index contributed by atoms with van der Waals surface area (Å²) in [4.78, 5) is 10.7. The third-order valence-corrected chi connectivity index (χ3v) is 2.37. The molecule has 82 valence electrons. The minimum absolute atomic E-state index is 0.0141. The SMILES string of the molecule is Cc1cccc(-c2[nH]ncc2CC(=O)O)c1. The number of carboxylic acids is 1. The first-order valence-electron chi connectivity index (χ1n) is 4.98. The van der Waals surface area contributed by atoms with Crippen LogP contribution in [0.15, 0.2) is 30.5 Å². The Balaban J connectivity index is 2.40. The number of hydrogen-bond donors (Lipinski definition) is 2. The maximum absolute atomic E-state index is 10.7. The molecule has 0 bridgehead atoms. The number of aliphatic carboxylic acids is 1. The van der Waals surface area contributed by atoms with Crippen LogP contribution < -0.4 is 0 Å². The van der Waals surface area contributed by atoms with Gasteiger partial charge in [0.25, 0.3) is 0 Å². The summed E-state index contributed by atoms with van der Waals surface area (Å²) >= 11 is 0. The van der Waals surface area contributed by atoms with Crippen LogP contribution in [0.4, 0.5) is 0 Å². The van der Waals surface area contributed by atoms with Crippen molar-refractivity contribution in [3.8, 4) is 11.3 Å². The Morgan fingerprint density at radius 1 is 1.50 bits per heavy atom. The number of H-pyrrole nitrogens is 1. The molecule has 4 heteroatoms. The smallest absolute Gasteiger partial charge is 0.307 e. The fourth-order valence-corrected chi connectivity index (χ4v) is 1.66. The van der Waals surface area contributed by atoms with Gasteiger partial charge < -0.3 is 5.11 Å². The number of aromatic amines is 1. The molecule has 0 unspecified atom stereocenters. The lowest BCUT2D eigenvalue weighted by Crippen LogP contribution is -2.00. The van der Waals surface area contributed by atoms with Gasteiger partial charge in [-0.15, -0.1) is 0 Å². The lowest BCUT2D eigenvalue weighted by molar-refractivity contribution is -0.136. The molecule has 2 N–H and O–H groups in total. The van der Waals surface area contributed by atoms with Crippen molar-refractivity contribution in [1.82, 2.24) is 10.2 Å². The Kier molecular flexibility index (Phi) is 2.72. The molecule has 0 saturated carbocycles. The highest BCUT2D eigenvalue weighted by molar-refractivity contribution is 5.74. The second kappa shape index (κ2) is 4.18. The van der Waals surface area contributed by atoms with Crippen LogP contribution in [0.3, 0.4) is 0 Å². The van der Waals surface area contributed by atoms with E-state index in [1.807, 2.05) is 31.2 Å². The quantitative estimate of drug-likeness (QED) is 0.824. The molecule has 4 nitrogen and oxygen atoms in total. The summed E-state index contributed by atoms with van der Waals surface area (Å²) in [6.07, 6.45) is 1.55. The molecule has 0 aliphatic heterocycles. The highest BCUT2D eigenvalue weighted by Crippen LogP contribution is 2.22. The monoisotopic (exact) mass is 216 g/mol. The second-order valence-electron chi connectivity index (χ2n) is 3.71. The van der Waals surface area contributed by atoms with E-state index in [-0.39, 0.29) is 6.42 Å². The second-order valence-corrected chi connectivity index (χ2v) is 3.71. The normalized spacial score (nSPS) is 10.3. The third kappa shape index (κ3) is 2.11. The first kappa shape index (κ1) is 10.4. The molecule has 0 aliphatic rings. The summed E-state index contributed by atoms with van der Waals surface area (Å²) in [5.41, 5.74) is 3.59. The molecule has 0 radical (unpaired) electrons. The maximum atomic E-state index is 10.7. The number of carboxylic acid groups (broad SMARTS) is 1. The molecule has 2 rings (SSSR count). The number of aromatic nitrogens is 2. The van der Waals surface area contributed by atoms with Crippen molar-refractivity contribution >= 4 is 5.97 Å². The molecule has 2 aromatic rings. The van der Waals surface area contributed by atoms with Gasteiger partial charge in [0, 0.05) is 11.1 Å². The van der Waals surface area contributed by atoms with Crippen LogP contribution in [0, 0.1) is 6.92 Å². The van der Waals surface area contributed by atoms with Crippen LogP contribution in [0.2, 0.25) is 0 Å².